The van der Waals surface area contributed by atoms with Crippen LogP contribution in [0.2, 0.25) is 0 Å². The summed E-state index contributed by atoms with van der Waals surface area (Å²) in [5.41, 5.74) is 1.28. The fraction of sp³-hybridized carbons (Fsp3) is 0.364. The number of methoxy groups -OCH3 is 1. The van der Waals surface area contributed by atoms with Crippen molar-refractivity contribution in [2.24, 2.45) is 0 Å². The van der Waals surface area contributed by atoms with Crippen molar-refractivity contribution in [1.29, 1.82) is 0 Å². The van der Waals surface area contributed by atoms with Gasteiger partial charge in [-0.05, 0) is 18.2 Å². The molecule has 1 heterocycles. The number of rotatable bonds is 4. The van der Waals surface area contributed by atoms with Gasteiger partial charge in [0.2, 0.25) is 0 Å². The molecule has 2 rings (SSSR count). The minimum atomic E-state index is -3.00. The van der Waals surface area contributed by atoms with Gasteiger partial charge in [0.1, 0.15) is 15.6 Å². The summed E-state index contributed by atoms with van der Waals surface area (Å²) in [6.07, 6.45) is 1.55. The Morgan fingerprint density at radius 2 is 2.18 bits per heavy atom. The second-order valence-electron chi connectivity index (χ2n) is 3.87. The molecule has 0 bridgehead atoms. The molecule has 0 aliphatic carbocycles. The first kappa shape index (κ1) is 11.9. The van der Waals surface area contributed by atoms with Crippen LogP contribution < -0.4 is 4.74 Å². The van der Waals surface area contributed by atoms with Crippen LogP contribution in [0.15, 0.2) is 22.7 Å². The maximum atomic E-state index is 11.1. The van der Waals surface area contributed by atoms with E-state index in [2.05, 4.69) is 5.16 Å². The van der Waals surface area contributed by atoms with Crippen molar-refractivity contribution in [2.45, 2.75) is 6.42 Å². The molecule has 1 aromatic carbocycles. The van der Waals surface area contributed by atoms with Crippen LogP contribution >= 0.6 is 0 Å². The van der Waals surface area contributed by atoms with Gasteiger partial charge in [0, 0.05) is 18.1 Å². The summed E-state index contributed by atoms with van der Waals surface area (Å²) in [6, 6.07) is 5.32. The lowest BCUT2D eigenvalue weighted by atomic mass is 10.2. The lowest BCUT2D eigenvalue weighted by Gasteiger charge is -1.99. The maximum Gasteiger partial charge on any atom is 0.167 e. The van der Waals surface area contributed by atoms with Crippen LogP contribution in [-0.4, -0.2) is 32.7 Å². The standard InChI is InChI=1S/C11H13NO4S/c1-15-8-3-4-11-9(7-8)10(12-16-11)5-6-17(2,13)14/h3-4,7H,5-6H2,1-2H3. The van der Waals surface area contributed by atoms with Crippen LogP contribution in [0.25, 0.3) is 11.0 Å². The second-order valence-corrected chi connectivity index (χ2v) is 6.13. The zero-order valence-electron chi connectivity index (χ0n) is 9.63. The molecule has 0 saturated heterocycles. The molecule has 92 valence electrons. The summed E-state index contributed by atoms with van der Waals surface area (Å²) >= 11 is 0. The Bertz CT molecular complexity index is 630. The van der Waals surface area contributed by atoms with Crippen LogP contribution in [0.1, 0.15) is 5.69 Å². The van der Waals surface area contributed by atoms with Crippen molar-refractivity contribution in [1.82, 2.24) is 5.16 Å². The third-order valence-corrected chi connectivity index (χ3v) is 3.41. The molecular formula is C11H13NO4S. The van der Waals surface area contributed by atoms with Crippen LogP contribution in [0.3, 0.4) is 0 Å². The van der Waals surface area contributed by atoms with Crippen LogP contribution in [0.4, 0.5) is 0 Å². The molecular weight excluding hydrogens is 242 g/mol. The highest BCUT2D eigenvalue weighted by atomic mass is 32.2. The van der Waals surface area contributed by atoms with Crippen molar-refractivity contribution in [3.8, 4) is 5.75 Å². The average Bonchev–Trinajstić information content (AvgIpc) is 2.67. The Labute approximate surface area is 99.3 Å². The normalized spacial score (nSPS) is 11.9. The summed E-state index contributed by atoms with van der Waals surface area (Å²) < 4.78 is 32.4. The molecule has 1 aromatic heterocycles. The van der Waals surface area contributed by atoms with Crippen molar-refractivity contribution >= 4 is 20.8 Å². The fourth-order valence-electron chi connectivity index (χ4n) is 1.56. The van der Waals surface area contributed by atoms with E-state index in [0.717, 1.165) is 5.39 Å². The van der Waals surface area contributed by atoms with E-state index < -0.39 is 9.84 Å². The number of hydrogen-bond acceptors (Lipinski definition) is 5. The molecule has 0 amide bonds. The van der Waals surface area contributed by atoms with Gasteiger partial charge in [0.05, 0.1) is 18.6 Å². The van der Waals surface area contributed by atoms with Crippen molar-refractivity contribution in [3.63, 3.8) is 0 Å². The number of sulfone groups is 1. The average molecular weight is 255 g/mol. The molecule has 0 unspecified atom stereocenters. The Hall–Kier alpha value is -1.56. The smallest absolute Gasteiger partial charge is 0.167 e. The first-order valence-corrected chi connectivity index (χ1v) is 7.16. The van der Waals surface area contributed by atoms with Gasteiger partial charge in [0.25, 0.3) is 0 Å². The highest BCUT2D eigenvalue weighted by Crippen LogP contribution is 2.24. The number of fused-ring (bicyclic) bond motifs is 1. The fourth-order valence-corrected chi connectivity index (χ4v) is 2.12. The predicted octanol–water partition coefficient (Wildman–Crippen LogP) is 1.42. The van der Waals surface area contributed by atoms with Gasteiger partial charge >= 0.3 is 0 Å². The predicted molar refractivity (Wildman–Crippen MR) is 64.0 cm³/mol. The molecule has 0 radical (unpaired) electrons. The molecule has 0 aliphatic rings. The number of ether oxygens (including phenoxy) is 1. The van der Waals surface area contributed by atoms with E-state index in [1.54, 1.807) is 25.3 Å². The van der Waals surface area contributed by atoms with Gasteiger partial charge < -0.3 is 9.26 Å². The number of aromatic nitrogens is 1. The van der Waals surface area contributed by atoms with E-state index in [0.29, 0.717) is 23.4 Å². The van der Waals surface area contributed by atoms with E-state index >= 15 is 0 Å². The van der Waals surface area contributed by atoms with Crippen molar-refractivity contribution in [2.75, 3.05) is 19.1 Å². The van der Waals surface area contributed by atoms with Crippen molar-refractivity contribution < 1.29 is 17.7 Å². The van der Waals surface area contributed by atoms with E-state index in [1.165, 1.54) is 6.26 Å². The zero-order chi connectivity index (χ0) is 12.5. The van der Waals surface area contributed by atoms with E-state index in [4.69, 9.17) is 9.26 Å². The molecule has 2 aromatic rings. The largest absolute Gasteiger partial charge is 0.497 e. The SMILES string of the molecule is COc1ccc2onc(CCS(C)(=O)=O)c2c1. The summed E-state index contributed by atoms with van der Waals surface area (Å²) in [7, 11) is -1.42. The number of benzene rings is 1. The quantitative estimate of drug-likeness (QED) is 0.826. The van der Waals surface area contributed by atoms with E-state index in [9.17, 15) is 8.42 Å². The number of aryl methyl sites for hydroxylation is 1. The molecule has 17 heavy (non-hydrogen) atoms. The van der Waals surface area contributed by atoms with Gasteiger partial charge in [-0.3, -0.25) is 0 Å². The number of hydrogen-bond donors (Lipinski definition) is 0. The summed E-state index contributed by atoms with van der Waals surface area (Å²) in [4.78, 5) is 0. The topological polar surface area (TPSA) is 69.4 Å². The van der Waals surface area contributed by atoms with Crippen LogP contribution in [0, 0.1) is 0 Å². The summed E-state index contributed by atoms with van der Waals surface area (Å²) in [5.74, 6) is 0.757. The molecule has 0 N–H and O–H groups in total. The highest BCUT2D eigenvalue weighted by molar-refractivity contribution is 7.90. The van der Waals surface area contributed by atoms with Gasteiger partial charge in [-0.2, -0.15) is 0 Å². The molecule has 0 fully saturated rings. The monoisotopic (exact) mass is 255 g/mol. The Morgan fingerprint density at radius 3 is 2.82 bits per heavy atom. The molecule has 5 nitrogen and oxygen atoms in total. The number of nitrogens with zero attached hydrogens (tertiary/aromatic N) is 1. The molecule has 0 saturated carbocycles. The van der Waals surface area contributed by atoms with Gasteiger partial charge in [-0.25, -0.2) is 8.42 Å². The van der Waals surface area contributed by atoms with E-state index in [1.807, 2.05) is 0 Å². The van der Waals surface area contributed by atoms with Gasteiger partial charge in [-0.15, -0.1) is 0 Å². The highest BCUT2D eigenvalue weighted by Gasteiger charge is 2.11. The minimum Gasteiger partial charge on any atom is -0.497 e. The third-order valence-electron chi connectivity index (χ3n) is 2.46. The third kappa shape index (κ3) is 2.76. The summed E-state index contributed by atoms with van der Waals surface area (Å²) in [6.45, 7) is 0. The molecule has 0 atom stereocenters. The van der Waals surface area contributed by atoms with E-state index in [-0.39, 0.29) is 5.75 Å². The molecule has 6 heteroatoms. The lowest BCUT2D eigenvalue weighted by Crippen LogP contribution is -2.06. The molecule has 0 spiro atoms. The van der Waals surface area contributed by atoms with Crippen LogP contribution in [0.5, 0.6) is 5.75 Å². The van der Waals surface area contributed by atoms with Gasteiger partial charge in [-0.1, -0.05) is 5.16 Å². The Kier molecular flexibility index (Phi) is 3.06. The Balaban J connectivity index is 2.34. The lowest BCUT2D eigenvalue weighted by molar-refractivity contribution is 0.415. The first-order chi connectivity index (χ1) is 7.99. The zero-order valence-corrected chi connectivity index (χ0v) is 10.5. The van der Waals surface area contributed by atoms with Gasteiger partial charge in [0.15, 0.2) is 5.58 Å². The second kappa shape index (κ2) is 4.37. The first-order valence-electron chi connectivity index (χ1n) is 5.09. The maximum absolute atomic E-state index is 11.1. The summed E-state index contributed by atoms with van der Waals surface area (Å²) in [5, 5.41) is 4.68. The Morgan fingerprint density at radius 1 is 1.41 bits per heavy atom. The van der Waals surface area contributed by atoms with Crippen molar-refractivity contribution in [3.05, 3.63) is 23.9 Å². The minimum absolute atomic E-state index is 0.0614. The van der Waals surface area contributed by atoms with Crippen LogP contribution in [-0.2, 0) is 16.3 Å². The molecule has 0 aliphatic heterocycles.